The smallest absolute Gasteiger partial charge is 0.338 e. The van der Waals surface area contributed by atoms with E-state index in [1.54, 1.807) is 76.2 Å². The average Bonchev–Trinajstić information content (AvgIpc) is 3.68. The molecule has 0 aliphatic carbocycles. The van der Waals surface area contributed by atoms with Crippen LogP contribution in [0.4, 0.5) is 0 Å². The van der Waals surface area contributed by atoms with Crippen LogP contribution >= 0.6 is 0 Å². The first-order valence-corrected chi connectivity index (χ1v) is 14.3. The predicted molar refractivity (Wildman–Crippen MR) is 150 cm³/mol. The van der Waals surface area contributed by atoms with E-state index in [-0.39, 0.29) is 26.4 Å². The molecule has 0 spiro atoms. The third-order valence-corrected chi connectivity index (χ3v) is 6.42. The van der Waals surface area contributed by atoms with Crippen molar-refractivity contribution in [2.24, 2.45) is 0 Å². The molecule has 0 saturated carbocycles. The van der Waals surface area contributed by atoms with Gasteiger partial charge in [-0.25, -0.2) is 19.2 Å². The molecule has 44 heavy (non-hydrogen) atoms. The summed E-state index contributed by atoms with van der Waals surface area (Å²) in [5.74, 6) is 3.31. The third-order valence-electron chi connectivity index (χ3n) is 6.42. The summed E-state index contributed by atoms with van der Waals surface area (Å²) in [6.07, 6.45) is -6.91. The first-order valence-electron chi connectivity index (χ1n) is 14.3. The van der Waals surface area contributed by atoms with Crippen molar-refractivity contribution < 1.29 is 57.1 Å². The fourth-order valence-corrected chi connectivity index (χ4v) is 4.40. The quantitative estimate of drug-likeness (QED) is 0.222. The highest BCUT2D eigenvalue weighted by molar-refractivity contribution is 5.87. The van der Waals surface area contributed by atoms with Crippen molar-refractivity contribution in [2.75, 3.05) is 26.4 Å². The Labute approximate surface area is 254 Å². The second-order valence-corrected chi connectivity index (χ2v) is 9.39. The van der Waals surface area contributed by atoms with E-state index in [4.69, 9.17) is 37.9 Å². The molecule has 0 unspecified atom stereocenters. The summed E-state index contributed by atoms with van der Waals surface area (Å²) in [5.41, 5.74) is 2.55. The number of carbonyl (C=O) groups excluding carboxylic acids is 4. The van der Waals surface area contributed by atoms with Crippen molar-refractivity contribution >= 4 is 23.9 Å². The van der Waals surface area contributed by atoms with Gasteiger partial charge in [-0.15, -0.1) is 0 Å². The van der Waals surface area contributed by atoms with Crippen molar-refractivity contribution in [3.8, 4) is 11.8 Å². The zero-order valence-corrected chi connectivity index (χ0v) is 24.8. The van der Waals surface area contributed by atoms with Crippen LogP contribution in [0.1, 0.15) is 62.5 Å². The Morgan fingerprint density at radius 2 is 0.750 bits per heavy atom. The van der Waals surface area contributed by atoms with Crippen LogP contribution in [0.3, 0.4) is 0 Å². The largest absolute Gasteiger partial charge is 0.464 e. The van der Waals surface area contributed by atoms with Crippen LogP contribution in [-0.4, -0.2) is 74.7 Å². The van der Waals surface area contributed by atoms with Gasteiger partial charge in [-0.05, 0) is 52.0 Å². The van der Waals surface area contributed by atoms with Crippen molar-refractivity contribution in [3.63, 3.8) is 0 Å². The maximum atomic E-state index is 12.3. The van der Waals surface area contributed by atoms with Gasteiger partial charge in [0.05, 0.1) is 26.4 Å². The highest BCUT2D eigenvalue weighted by Crippen LogP contribution is 2.34. The van der Waals surface area contributed by atoms with E-state index in [2.05, 4.69) is 11.8 Å². The van der Waals surface area contributed by atoms with Crippen LogP contribution in [0.25, 0.3) is 0 Å². The lowest BCUT2D eigenvalue weighted by atomic mass is 10.1. The molecule has 2 saturated heterocycles. The van der Waals surface area contributed by atoms with E-state index < -0.39 is 60.9 Å². The van der Waals surface area contributed by atoms with Crippen LogP contribution in [0.15, 0.2) is 48.5 Å². The molecule has 2 fully saturated rings. The Kier molecular flexibility index (Phi) is 11.5. The molecule has 4 atom stereocenters. The standard InChI is InChI=1S/C32H34O12/c1-5-37-27(33)23-24(28(34)38-6-2)42-31(41-23)21-15-11-19(12-16-21)9-10-20-13-17-22(18-14-20)32-43-25(29(35)39-7-3)26(44-32)30(36)40-8-4/h11-18,23-26,31-32H,5-8H2,1-4H3/t23-,24-,25-,26-/m1/s1. The molecule has 0 aromatic heterocycles. The van der Waals surface area contributed by atoms with E-state index in [9.17, 15) is 19.2 Å². The van der Waals surface area contributed by atoms with Gasteiger partial charge in [0, 0.05) is 22.3 Å². The summed E-state index contributed by atoms with van der Waals surface area (Å²) >= 11 is 0. The number of esters is 4. The van der Waals surface area contributed by atoms with Crippen LogP contribution in [0.2, 0.25) is 0 Å². The van der Waals surface area contributed by atoms with Gasteiger partial charge in [0.15, 0.2) is 37.0 Å². The summed E-state index contributed by atoms with van der Waals surface area (Å²) < 4.78 is 43.0. The number of benzene rings is 2. The van der Waals surface area contributed by atoms with Gasteiger partial charge in [-0.2, -0.15) is 0 Å². The molecular weight excluding hydrogens is 576 g/mol. The SMILES string of the molecule is CCOC(=O)[C@@H]1OC(c2ccc(C#Cc3ccc(C4O[C@@H](C(=O)OCC)[C@H](C(=O)OCC)O4)cc3)cc2)O[C@H]1C(=O)OCC. The highest BCUT2D eigenvalue weighted by atomic mass is 16.8. The molecule has 2 heterocycles. The molecule has 12 heteroatoms. The van der Waals surface area contributed by atoms with Gasteiger partial charge < -0.3 is 37.9 Å². The van der Waals surface area contributed by atoms with E-state index in [0.717, 1.165) is 0 Å². The minimum absolute atomic E-state index is 0.128. The summed E-state index contributed by atoms with van der Waals surface area (Å²) in [4.78, 5) is 49.4. The van der Waals surface area contributed by atoms with Gasteiger partial charge >= 0.3 is 23.9 Å². The molecule has 4 rings (SSSR count). The third kappa shape index (κ3) is 7.81. The number of carbonyl (C=O) groups is 4. The zero-order valence-electron chi connectivity index (χ0n) is 24.8. The molecule has 0 amide bonds. The van der Waals surface area contributed by atoms with Crippen molar-refractivity contribution in [1.29, 1.82) is 0 Å². The van der Waals surface area contributed by atoms with Gasteiger partial charge in [0.2, 0.25) is 0 Å². The number of hydrogen-bond donors (Lipinski definition) is 0. The van der Waals surface area contributed by atoms with Crippen LogP contribution in [0, 0.1) is 11.8 Å². The first-order chi connectivity index (χ1) is 21.3. The molecule has 2 aromatic carbocycles. The Morgan fingerprint density at radius 3 is 0.977 bits per heavy atom. The van der Waals surface area contributed by atoms with Gasteiger partial charge in [0.1, 0.15) is 0 Å². The average molecular weight is 611 g/mol. The molecule has 12 nitrogen and oxygen atoms in total. The molecule has 0 bridgehead atoms. The summed E-state index contributed by atoms with van der Waals surface area (Å²) in [6.45, 7) is 7.13. The Hall–Kier alpha value is -4.28. The Bertz CT molecular complexity index is 1220. The van der Waals surface area contributed by atoms with Crippen LogP contribution < -0.4 is 0 Å². The van der Waals surface area contributed by atoms with Crippen molar-refractivity contribution in [2.45, 2.75) is 64.7 Å². The lowest BCUT2D eigenvalue weighted by Gasteiger charge is -2.13. The van der Waals surface area contributed by atoms with E-state index in [0.29, 0.717) is 22.3 Å². The Balaban J connectivity index is 1.41. The molecular formula is C32H34O12. The van der Waals surface area contributed by atoms with E-state index in [1.165, 1.54) is 0 Å². The maximum absolute atomic E-state index is 12.3. The van der Waals surface area contributed by atoms with Gasteiger partial charge in [0.25, 0.3) is 0 Å². The monoisotopic (exact) mass is 610 g/mol. The molecule has 0 N–H and O–H groups in total. The van der Waals surface area contributed by atoms with Gasteiger partial charge in [-0.3, -0.25) is 0 Å². The lowest BCUT2D eigenvalue weighted by Crippen LogP contribution is -2.39. The predicted octanol–water partition coefficient (Wildman–Crippen LogP) is 2.90. The molecule has 2 aliphatic heterocycles. The molecule has 234 valence electrons. The number of hydrogen-bond acceptors (Lipinski definition) is 12. The summed E-state index contributed by atoms with van der Waals surface area (Å²) in [6, 6.07) is 13.9. The number of ether oxygens (including phenoxy) is 8. The minimum Gasteiger partial charge on any atom is -0.464 e. The summed E-state index contributed by atoms with van der Waals surface area (Å²) in [5, 5.41) is 0. The lowest BCUT2D eigenvalue weighted by molar-refractivity contribution is -0.163. The second kappa shape index (κ2) is 15.4. The zero-order chi connectivity index (χ0) is 31.6. The highest BCUT2D eigenvalue weighted by Gasteiger charge is 2.48. The maximum Gasteiger partial charge on any atom is 0.338 e. The minimum atomic E-state index is -1.24. The van der Waals surface area contributed by atoms with Crippen LogP contribution in [-0.2, 0) is 57.1 Å². The molecule has 0 radical (unpaired) electrons. The van der Waals surface area contributed by atoms with E-state index in [1.807, 2.05) is 0 Å². The fraction of sp³-hybridized carbons (Fsp3) is 0.438. The normalized spacial score (nSPS) is 21.6. The van der Waals surface area contributed by atoms with E-state index >= 15 is 0 Å². The van der Waals surface area contributed by atoms with Crippen molar-refractivity contribution in [1.82, 2.24) is 0 Å². The Morgan fingerprint density at radius 1 is 0.500 bits per heavy atom. The van der Waals surface area contributed by atoms with Crippen LogP contribution in [0.5, 0.6) is 0 Å². The summed E-state index contributed by atoms with van der Waals surface area (Å²) in [7, 11) is 0. The molecule has 2 aromatic rings. The second-order valence-electron chi connectivity index (χ2n) is 9.39. The van der Waals surface area contributed by atoms with Gasteiger partial charge in [-0.1, -0.05) is 36.1 Å². The topological polar surface area (TPSA) is 142 Å². The fourth-order valence-electron chi connectivity index (χ4n) is 4.40. The first kappa shape index (κ1) is 32.6. The van der Waals surface area contributed by atoms with Crippen molar-refractivity contribution in [3.05, 3.63) is 70.8 Å². The molecule has 2 aliphatic rings. The number of rotatable bonds is 10.